The molecule has 0 saturated carbocycles. The molecule has 4 N–H and O–H groups in total. The van der Waals surface area contributed by atoms with E-state index in [-0.39, 0.29) is 18.2 Å². The Hall–Kier alpha value is -1.07. The van der Waals surface area contributed by atoms with E-state index in [4.69, 9.17) is 5.73 Å². The van der Waals surface area contributed by atoms with Gasteiger partial charge in [-0.3, -0.25) is 4.79 Å². The number of hydrogen-bond acceptors (Lipinski definition) is 3. The molecule has 0 heterocycles. The van der Waals surface area contributed by atoms with Crippen LogP contribution in [0.3, 0.4) is 0 Å². The van der Waals surface area contributed by atoms with Crippen molar-refractivity contribution in [3.8, 4) is 5.75 Å². The van der Waals surface area contributed by atoms with Gasteiger partial charge >= 0.3 is 0 Å². The molecule has 4 nitrogen and oxygen atoms in total. The monoisotopic (exact) mass is 286 g/mol. The minimum atomic E-state index is -0.658. The number of phenols is 1. The van der Waals surface area contributed by atoms with Crippen LogP contribution >= 0.6 is 15.9 Å². The summed E-state index contributed by atoms with van der Waals surface area (Å²) in [6, 6.07) is 4.84. The zero-order valence-corrected chi connectivity index (χ0v) is 10.8. The van der Waals surface area contributed by atoms with Crippen LogP contribution < -0.4 is 11.1 Å². The topological polar surface area (TPSA) is 75.4 Å². The average molecular weight is 287 g/mol. The summed E-state index contributed by atoms with van der Waals surface area (Å²) in [7, 11) is 0. The first-order valence-corrected chi connectivity index (χ1v) is 5.66. The molecule has 1 amide bonds. The molecule has 0 radical (unpaired) electrons. The Morgan fingerprint density at radius 2 is 2.19 bits per heavy atom. The lowest BCUT2D eigenvalue weighted by molar-refractivity contribution is -0.123. The summed E-state index contributed by atoms with van der Waals surface area (Å²) >= 11 is 3.27. The van der Waals surface area contributed by atoms with Gasteiger partial charge in [-0.1, -0.05) is 15.9 Å². The van der Waals surface area contributed by atoms with Crippen molar-refractivity contribution in [2.75, 3.05) is 11.9 Å². The summed E-state index contributed by atoms with van der Waals surface area (Å²) in [5.74, 6) is -0.187. The smallest absolute Gasteiger partial charge is 0.231 e. The molecule has 0 fully saturated rings. The fraction of sp³-hybridized carbons (Fsp3) is 0.364. The summed E-state index contributed by atoms with van der Waals surface area (Å²) < 4.78 is 0.783. The highest BCUT2D eigenvalue weighted by Gasteiger charge is 2.26. The van der Waals surface area contributed by atoms with Crippen molar-refractivity contribution >= 4 is 27.5 Å². The lowest BCUT2D eigenvalue weighted by atomic mass is 9.92. The summed E-state index contributed by atoms with van der Waals surface area (Å²) in [6.07, 6.45) is 0. The molecule has 0 bridgehead atoms. The normalized spacial score (nSPS) is 11.2. The third kappa shape index (κ3) is 2.96. The van der Waals surface area contributed by atoms with Gasteiger partial charge in [0.2, 0.25) is 5.91 Å². The predicted octanol–water partition coefficient (Wildman–Crippen LogP) is 2.08. The van der Waals surface area contributed by atoms with Crippen molar-refractivity contribution in [3.63, 3.8) is 0 Å². The minimum Gasteiger partial charge on any atom is -0.506 e. The second-order valence-electron chi connectivity index (χ2n) is 4.20. The highest BCUT2D eigenvalue weighted by atomic mass is 79.9. The fourth-order valence-corrected chi connectivity index (χ4v) is 1.35. The third-order valence-electron chi connectivity index (χ3n) is 2.33. The molecule has 0 unspecified atom stereocenters. The number of aromatic hydroxyl groups is 1. The lowest BCUT2D eigenvalue weighted by Crippen LogP contribution is -2.37. The number of benzene rings is 1. The second kappa shape index (κ2) is 4.84. The molecule has 0 spiro atoms. The SMILES string of the molecule is CC(C)(CN)C(=O)Nc1cc(Br)ccc1O. The van der Waals surface area contributed by atoms with Crippen LogP contribution in [0.4, 0.5) is 5.69 Å². The number of anilines is 1. The zero-order chi connectivity index (χ0) is 12.3. The quantitative estimate of drug-likeness (QED) is 0.745. The van der Waals surface area contributed by atoms with Gasteiger partial charge in [0.05, 0.1) is 11.1 Å². The molecular weight excluding hydrogens is 272 g/mol. The Morgan fingerprint density at radius 3 is 2.75 bits per heavy atom. The summed E-state index contributed by atoms with van der Waals surface area (Å²) in [5, 5.41) is 12.2. The molecule has 1 aromatic carbocycles. The summed E-state index contributed by atoms with van der Waals surface area (Å²) in [6.45, 7) is 3.74. The molecule has 88 valence electrons. The van der Waals surface area contributed by atoms with Crippen LogP contribution in [0.1, 0.15) is 13.8 Å². The van der Waals surface area contributed by atoms with E-state index in [2.05, 4.69) is 21.2 Å². The van der Waals surface area contributed by atoms with Crippen LogP contribution in [0.2, 0.25) is 0 Å². The minimum absolute atomic E-state index is 0.0318. The van der Waals surface area contributed by atoms with E-state index in [0.717, 1.165) is 4.47 Å². The molecule has 1 rings (SSSR count). The molecule has 0 aliphatic heterocycles. The van der Waals surface area contributed by atoms with Gasteiger partial charge in [-0.25, -0.2) is 0 Å². The zero-order valence-electron chi connectivity index (χ0n) is 9.25. The van der Waals surface area contributed by atoms with Crippen LogP contribution in [-0.2, 0) is 4.79 Å². The molecule has 5 heteroatoms. The molecule has 1 aromatic rings. The number of nitrogens with two attached hydrogens (primary N) is 1. The van der Waals surface area contributed by atoms with Gasteiger partial charge in [0.15, 0.2) is 0 Å². The van der Waals surface area contributed by atoms with Gasteiger partial charge < -0.3 is 16.2 Å². The van der Waals surface area contributed by atoms with Crippen LogP contribution in [0.5, 0.6) is 5.75 Å². The average Bonchev–Trinajstić information content (AvgIpc) is 2.23. The van der Waals surface area contributed by atoms with Crippen LogP contribution in [0.15, 0.2) is 22.7 Å². The van der Waals surface area contributed by atoms with Gasteiger partial charge in [-0.05, 0) is 32.0 Å². The number of hydrogen-bond donors (Lipinski definition) is 3. The Kier molecular flexibility index (Phi) is 3.93. The van der Waals surface area contributed by atoms with Crippen molar-refractivity contribution in [3.05, 3.63) is 22.7 Å². The Labute approximate surface area is 103 Å². The first-order valence-electron chi connectivity index (χ1n) is 4.87. The molecule has 0 aromatic heterocycles. The second-order valence-corrected chi connectivity index (χ2v) is 5.12. The van der Waals surface area contributed by atoms with Crippen LogP contribution in [0.25, 0.3) is 0 Å². The maximum atomic E-state index is 11.8. The summed E-state index contributed by atoms with van der Waals surface area (Å²) in [5.41, 5.74) is 5.21. The number of nitrogens with one attached hydrogen (secondary N) is 1. The standard InChI is InChI=1S/C11H15BrN2O2/c1-11(2,6-13)10(16)14-8-5-7(12)3-4-9(8)15/h3-5,15H,6,13H2,1-2H3,(H,14,16). The van der Waals surface area contributed by atoms with Crippen molar-refractivity contribution in [2.24, 2.45) is 11.1 Å². The number of amides is 1. The summed E-state index contributed by atoms with van der Waals surface area (Å²) in [4.78, 5) is 11.8. The van der Waals surface area contributed by atoms with Gasteiger partial charge in [0.1, 0.15) is 5.75 Å². The van der Waals surface area contributed by atoms with Crippen molar-refractivity contribution in [1.82, 2.24) is 0 Å². The van der Waals surface area contributed by atoms with Crippen LogP contribution in [0, 0.1) is 5.41 Å². The Bertz CT molecular complexity index is 405. The van der Waals surface area contributed by atoms with Crippen molar-refractivity contribution in [2.45, 2.75) is 13.8 Å². The fourth-order valence-electron chi connectivity index (χ4n) is 0.993. The van der Waals surface area contributed by atoms with Gasteiger partial charge in [-0.15, -0.1) is 0 Å². The van der Waals surface area contributed by atoms with Gasteiger partial charge in [-0.2, -0.15) is 0 Å². The van der Waals surface area contributed by atoms with E-state index < -0.39 is 5.41 Å². The van der Waals surface area contributed by atoms with Crippen molar-refractivity contribution < 1.29 is 9.90 Å². The molecule has 0 saturated heterocycles. The first kappa shape index (κ1) is 13.0. The molecule has 0 aliphatic rings. The van der Waals surface area contributed by atoms with E-state index in [9.17, 15) is 9.90 Å². The number of carbonyl (C=O) groups is 1. The maximum Gasteiger partial charge on any atom is 0.231 e. The van der Waals surface area contributed by atoms with E-state index in [0.29, 0.717) is 5.69 Å². The predicted molar refractivity (Wildman–Crippen MR) is 67.3 cm³/mol. The van der Waals surface area contributed by atoms with E-state index >= 15 is 0 Å². The van der Waals surface area contributed by atoms with E-state index in [1.165, 1.54) is 6.07 Å². The number of halogens is 1. The number of carbonyl (C=O) groups excluding carboxylic acids is 1. The highest BCUT2D eigenvalue weighted by Crippen LogP contribution is 2.28. The number of phenolic OH excluding ortho intramolecular Hbond substituents is 1. The first-order chi connectivity index (χ1) is 7.36. The van der Waals surface area contributed by atoms with Gasteiger partial charge in [0.25, 0.3) is 0 Å². The lowest BCUT2D eigenvalue weighted by Gasteiger charge is -2.21. The number of rotatable bonds is 3. The van der Waals surface area contributed by atoms with Crippen LogP contribution in [-0.4, -0.2) is 17.6 Å². The molecule has 0 atom stereocenters. The molecular formula is C11H15BrN2O2. The Balaban J connectivity index is 2.89. The maximum absolute atomic E-state index is 11.8. The third-order valence-corrected chi connectivity index (χ3v) is 2.83. The van der Waals surface area contributed by atoms with Gasteiger partial charge in [0, 0.05) is 11.0 Å². The Morgan fingerprint density at radius 1 is 1.56 bits per heavy atom. The largest absolute Gasteiger partial charge is 0.506 e. The van der Waals surface area contributed by atoms with E-state index in [1.807, 2.05) is 0 Å². The van der Waals surface area contributed by atoms with Crippen molar-refractivity contribution in [1.29, 1.82) is 0 Å². The van der Waals surface area contributed by atoms with E-state index in [1.54, 1.807) is 26.0 Å². The molecule has 0 aliphatic carbocycles. The highest BCUT2D eigenvalue weighted by molar-refractivity contribution is 9.10. The molecule has 16 heavy (non-hydrogen) atoms.